The van der Waals surface area contributed by atoms with E-state index < -0.39 is 0 Å². The summed E-state index contributed by atoms with van der Waals surface area (Å²) in [6, 6.07) is 4.21. The van der Waals surface area contributed by atoms with Crippen LogP contribution in [0.5, 0.6) is 0 Å². The molecule has 0 aromatic carbocycles. The molecule has 7 heteroatoms. The Morgan fingerprint density at radius 3 is 2.57 bits per heavy atom. The Labute approximate surface area is 128 Å². The predicted molar refractivity (Wildman–Crippen MR) is 79.3 cm³/mol. The number of likely N-dealkylation sites (tertiary alicyclic amines) is 1. The molecule has 1 saturated heterocycles. The zero-order chi connectivity index (χ0) is 15.1. The minimum Gasteiger partial charge on any atom is -0.483 e. The summed E-state index contributed by atoms with van der Waals surface area (Å²) in [7, 11) is 0. The Bertz CT molecular complexity index is 555. The van der Waals surface area contributed by atoms with Gasteiger partial charge < -0.3 is 10.0 Å². The molecule has 1 fully saturated rings. The van der Waals surface area contributed by atoms with Gasteiger partial charge in [0.2, 0.25) is 0 Å². The van der Waals surface area contributed by atoms with E-state index in [1.165, 1.54) is 5.56 Å². The van der Waals surface area contributed by atoms with Crippen molar-refractivity contribution in [2.24, 2.45) is 0 Å². The van der Waals surface area contributed by atoms with E-state index in [0.29, 0.717) is 10.9 Å². The smallest absolute Gasteiger partial charge is 0.290 e. The highest BCUT2D eigenvalue weighted by Crippen LogP contribution is 2.25. The molecule has 0 amide bonds. The molecule has 3 rings (SSSR count). The van der Waals surface area contributed by atoms with E-state index in [2.05, 4.69) is 27.1 Å². The third-order valence-corrected chi connectivity index (χ3v) is 3.58. The molecule has 1 aliphatic heterocycles. The van der Waals surface area contributed by atoms with Gasteiger partial charge in [0, 0.05) is 44.1 Å². The minimum absolute atomic E-state index is 0.250. The molecule has 0 spiro atoms. The van der Waals surface area contributed by atoms with Crippen molar-refractivity contribution in [1.82, 2.24) is 19.7 Å². The lowest BCUT2D eigenvalue weighted by atomic mass is 9.92. The Kier molecular flexibility index (Phi) is 5.71. The molecule has 0 bridgehead atoms. The first-order valence-corrected chi connectivity index (χ1v) is 6.99. The maximum absolute atomic E-state index is 8.36. The largest absolute Gasteiger partial charge is 0.483 e. The van der Waals surface area contributed by atoms with Gasteiger partial charge in [-0.2, -0.15) is 5.10 Å². The lowest BCUT2D eigenvalue weighted by Gasteiger charge is -2.39. The van der Waals surface area contributed by atoms with Crippen molar-refractivity contribution < 1.29 is 9.90 Å². The third-order valence-electron chi connectivity index (χ3n) is 3.38. The maximum atomic E-state index is 8.36. The van der Waals surface area contributed by atoms with Gasteiger partial charge in [-0.05, 0) is 17.7 Å². The number of hydrogen-bond donors (Lipinski definition) is 1. The molecular formula is C14H17ClN4O2. The van der Waals surface area contributed by atoms with E-state index in [0.717, 1.165) is 26.2 Å². The molecule has 0 unspecified atom stereocenters. The number of carboxylic acid groups (broad SMARTS) is 1. The molecule has 1 aliphatic rings. The Morgan fingerprint density at radius 1 is 1.33 bits per heavy atom. The standard InChI is InChI=1S/C13H15ClN4.CH2O2/c14-13-7-16-18(10-13)6-5-17-8-12(9-17)11-1-3-15-4-2-11;2-1-3/h1-4,7,10,12H,5-6,8-9H2;1H,(H,2,3). The van der Waals surface area contributed by atoms with Crippen molar-refractivity contribution in [3.8, 4) is 0 Å². The molecule has 3 heterocycles. The first-order chi connectivity index (χ1) is 10.2. The van der Waals surface area contributed by atoms with E-state index >= 15 is 0 Å². The fraction of sp³-hybridized carbons (Fsp3) is 0.357. The van der Waals surface area contributed by atoms with Crippen molar-refractivity contribution in [3.05, 3.63) is 47.5 Å². The van der Waals surface area contributed by atoms with Crippen LogP contribution in [0.15, 0.2) is 36.9 Å². The van der Waals surface area contributed by atoms with Crippen LogP contribution in [0.4, 0.5) is 0 Å². The molecule has 2 aromatic rings. The van der Waals surface area contributed by atoms with Crippen molar-refractivity contribution in [3.63, 3.8) is 0 Å². The Hall–Kier alpha value is -1.92. The molecule has 6 nitrogen and oxygen atoms in total. The van der Waals surface area contributed by atoms with Gasteiger partial charge in [-0.25, -0.2) is 0 Å². The summed E-state index contributed by atoms with van der Waals surface area (Å²) in [6.07, 6.45) is 7.27. The summed E-state index contributed by atoms with van der Waals surface area (Å²) in [5.41, 5.74) is 1.39. The molecule has 0 radical (unpaired) electrons. The van der Waals surface area contributed by atoms with Gasteiger partial charge in [-0.15, -0.1) is 0 Å². The number of pyridine rings is 1. The van der Waals surface area contributed by atoms with Gasteiger partial charge in [-0.1, -0.05) is 11.6 Å². The van der Waals surface area contributed by atoms with Gasteiger partial charge in [0.25, 0.3) is 6.47 Å². The second-order valence-corrected chi connectivity index (χ2v) is 5.20. The number of halogens is 1. The van der Waals surface area contributed by atoms with Crippen LogP contribution in [0.1, 0.15) is 11.5 Å². The fourth-order valence-electron chi connectivity index (χ4n) is 2.30. The van der Waals surface area contributed by atoms with E-state index in [1.54, 1.807) is 6.20 Å². The average molecular weight is 309 g/mol. The van der Waals surface area contributed by atoms with Crippen LogP contribution in [-0.4, -0.2) is 50.9 Å². The van der Waals surface area contributed by atoms with Gasteiger partial charge in [0.05, 0.1) is 17.8 Å². The van der Waals surface area contributed by atoms with Crippen LogP contribution in [-0.2, 0) is 11.3 Å². The monoisotopic (exact) mass is 308 g/mol. The van der Waals surface area contributed by atoms with Crippen LogP contribution in [0.25, 0.3) is 0 Å². The number of nitrogens with zero attached hydrogens (tertiary/aromatic N) is 4. The average Bonchev–Trinajstić information content (AvgIpc) is 2.85. The second kappa shape index (κ2) is 7.75. The maximum Gasteiger partial charge on any atom is 0.290 e. The summed E-state index contributed by atoms with van der Waals surface area (Å²) >= 11 is 5.82. The quantitative estimate of drug-likeness (QED) is 0.871. The highest BCUT2D eigenvalue weighted by Gasteiger charge is 2.27. The second-order valence-electron chi connectivity index (χ2n) is 4.76. The molecular weight excluding hydrogens is 292 g/mol. The minimum atomic E-state index is -0.250. The van der Waals surface area contributed by atoms with E-state index in [9.17, 15) is 0 Å². The number of rotatable bonds is 4. The van der Waals surface area contributed by atoms with Crippen LogP contribution in [0.3, 0.4) is 0 Å². The third kappa shape index (κ3) is 4.54. The van der Waals surface area contributed by atoms with Crippen LogP contribution < -0.4 is 0 Å². The SMILES string of the molecule is Clc1cnn(CCN2CC(c3ccncc3)C2)c1.O=CO. The zero-order valence-electron chi connectivity index (χ0n) is 11.5. The van der Waals surface area contributed by atoms with Crippen molar-refractivity contribution in [1.29, 1.82) is 0 Å². The summed E-state index contributed by atoms with van der Waals surface area (Å²) in [6.45, 7) is 3.92. The zero-order valence-corrected chi connectivity index (χ0v) is 12.2. The molecule has 112 valence electrons. The summed E-state index contributed by atoms with van der Waals surface area (Å²) in [5, 5.41) is 11.8. The van der Waals surface area contributed by atoms with Crippen LogP contribution >= 0.6 is 11.6 Å². The topological polar surface area (TPSA) is 71.2 Å². The lowest BCUT2D eigenvalue weighted by Crippen LogP contribution is -2.46. The highest BCUT2D eigenvalue weighted by atomic mass is 35.5. The van der Waals surface area contributed by atoms with Crippen molar-refractivity contribution >= 4 is 18.1 Å². The van der Waals surface area contributed by atoms with E-state index in [-0.39, 0.29) is 6.47 Å². The Morgan fingerprint density at radius 2 is 2.00 bits per heavy atom. The first-order valence-electron chi connectivity index (χ1n) is 6.61. The Balaban J connectivity index is 0.000000497. The molecule has 21 heavy (non-hydrogen) atoms. The molecule has 2 aromatic heterocycles. The molecule has 0 atom stereocenters. The molecule has 0 saturated carbocycles. The van der Waals surface area contributed by atoms with Gasteiger partial charge in [-0.3, -0.25) is 14.5 Å². The van der Waals surface area contributed by atoms with Crippen molar-refractivity contribution in [2.75, 3.05) is 19.6 Å². The molecule has 0 aliphatic carbocycles. The van der Waals surface area contributed by atoms with E-state index in [1.807, 2.05) is 23.3 Å². The normalized spacial score (nSPS) is 14.9. The molecule has 1 N–H and O–H groups in total. The van der Waals surface area contributed by atoms with Gasteiger partial charge in [0.1, 0.15) is 0 Å². The summed E-state index contributed by atoms with van der Waals surface area (Å²) in [4.78, 5) is 14.8. The van der Waals surface area contributed by atoms with Crippen molar-refractivity contribution in [2.45, 2.75) is 12.5 Å². The lowest BCUT2D eigenvalue weighted by molar-refractivity contribution is -0.122. The van der Waals surface area contributed by atoms with Crippen LogP contribution in [0, 0.1) is 0 Å². The van der Waals surface area contributed by atoms with Crippen LogP contribution in [0.2, 0.25) is 5.02 Å². The summed E-state index contributed by atoms with van der Waals surface area (Å²) < 4.78 is 1.89. The van der Waals surface area contributed by atoms with E-state index in [4.69, 9.17) is 21.5 Å². The number of carbonyl (C=O) groups is 1. The fourth-order valence-corrected chi connectivity index (χ4v) is 2.46. The number of aromatic nitrogens is 3. The van der Waals surface area contributed by atoms with Gasteiger partial charge >= 0.3 is 0 Å². The predicted octanol–water partition coefficient (Wildman–Crippen LogP) is 1.73. The highest BCUT2D eigenvalue weighted by molar-refractivity contribution is 6.30. The number of hydrogen-bond acceptors (Lipinski definition) is 4. The summed E-state index contributed by atoms with van der Waals surface area (Å²) in [5.74, 6) is 0.661. The van der Waals surface area contributed by atoms with Gasteiger partial charge in [0.15, 0.2) is 0 Å². The first kappa shape index (κ1) is 15.5.